The summed E-state index contributed by atoms with van der Waals surface area (Å²) >= 11 is 0. The number of rotatable bonds is 5. The van der Waals surface area contributed by atoms with E-state index < -0.39 is 23.0 Å². The smallest absolute Gasteiger partial charge is 0.423 e. The van der Waals surface area contributed by atoms with Gasteiger partial charge in [0.1, 0.15) is 5.82 Å². The first-order valence-corrected chi connectivity index (χ1v) is 8.69. The Morgan fingerprint density at radius 1 is 1.09 bits per heavy atom. The van der Waals surface area contributed by atoms with E-state index in [9.17, 15) is 22.9 Å². The lowest BCUT2D eigenvalue weighted by Crippen LogP contribution is -2.29. The van der Waals surface area contributed by atoms with Crippen molar-refractivity contribution in [3.8, 4) is 11.1 Å². The molecule has 1 aliphatic carbocycles. The molecule has 1 aliphatic rings. The molecule has 0 unspecified atom stereocenters. The van der Waals surface area contributed by atoms with Gasteiger partial charge in [0, 0.05) is 11.3 Å². The van der Waals surface area contributed by atoms with Crippen molar-refractivity contribution in [3.63, 3.8) is 0 Å². The van der Waals surface area contributed by atoms with E-state index in [2.05, 4.69) is 4.72 Å². The van der Waals surface area contributed by atoms with Crippen molar-refractivity contribution in [1.82, 2.24) is 0 Å². The van der Waals surface area contributed by atoms with Crippen LogP contribution < -0.4 is 10.2 Å². The number of benzene rings is 2. The van der Waals surface area contributed by atoms with E-state index in [4.69, 9.17) is 0 Å². The normalized spacial score (nSPS) is 14.6. The third-order valence-electron chi connectivity index (χ3n) is 3.71. The molecule has 3 N–H and O–H groups in total. The fourth-order valence-corrected chi connectivity index (χ4v) is 3.66. The van der Waals surface area contributed by atoms with Crippen LogP contribution in [0, 0.1) is 5.82 Å². The summed E-state index contributed by atoms with van der Waals surface area (Å²) in [5.41, 5.74) is 1.32. The second-order valence-electron chi connectivity index (χ2n) is 5.54. The molecule has 0 aromatic heterocycles. The Morgan fingerprint density at radius 3 is 2.30 bits per heavy atom. The van der Waals surface area contributed by atoms with Crippen LogP contribution in [0.1, 0.15) is 12.8 Å². The van der Waals surface area contributed by atoms with Gasteiger partial charge in [-0.15, -0.1) is 0 Å². The molecule has 0 atom stereocenters. The van der Waals surface area contributed by atoms with Gasteiger partial charge in [-0.2, -0.15) is 0 Å². The molecule has 23 heavy (non-hydrogen) atoms. The number of nitrogens with one attached hydrogen (secondary N) is 1. The number of hydrogen-bond donors (Lipinski definition) is 3. The van der Waals surface area contributed by atoms with Crippen LogP contribution in [-0.4, -0.2) is 30.8 Å². The Balaban J connectivity index is 1.86. The standard InChI is InChI=1S/C15H15BFNO4S/c17-15-8-3-11(16(19)20)9-14(15)10-1-4-12(5-2-10)18-23(21,22)13-6-7-13/h1-5,8-9,13,18-20H,6-7H2. The molecule has 2 aromatic rings. The molecule has 3 rings (SSSR count). The molecule has 5 nitrogen and oxygen atoms in total. The van der Waals surface area contributed by atoms with Crippen molar-refractivity contribution in [2.45, 2.75) is 18.1 Å². The number of anilines is 1. The van der Waals surface area contributed by atoms with Crippen LogP contribution in [0.4, 0.5) is 10.1 Å². The van der Waals surface area contributed by atoms with E-state index in [-0.39, 0.29) is 16.3 Å². The Kier molecular flexibility index (Phi) is 4.14. The zero-order chi connectivity index (χ0) is 16.6. The molecular formula is C15H15BFNO4S. The molecule has 0 aliphatic heterocycles. The highest BCUT2D eigenvalue weighted by atomic mass is 32.2. The van der Waals surface area contributed by atoms with E-state index in [1.807, 2.05) is 0 Å². The molecule has 0 saturated heterocycles. The minimum atomic E-state index is -3.33. The number of hydrogen-bond acceptors (Lipinski definition) is 4. The number of halogens is 1. The lowest BCUT2D eigenvalue weighted by molar-refractivity contribution is 0.425. The number of sulfonamides is 1. The summed E-state index contributed by atoms with van der Waals surface area (Å²) < 4.78 is 40.2. The minimum Gasteiger partial charge on any atom is -0.423 e. The molecule has 1 saturated carbocycles. The third-order valence-corrected chi connectivity index (χ3v) is 5.58. The van der Waals surface area contributed by atoms with Crippen molar-refractivity contribution >= 4 is 28.3 Å². The van der Waals surface area contributed by atoms with Gasteiger partial charge < -0.3 is 10.0 Å². The van der Waals surface area contributed by atoms with Crippen LogP contribution in [0.25, 0.3) is 11.1 Å². The van der Waals surface area contributed by atoms with E-state index >= 15 is 0 Å². The van der Waals surface area contributed by atoms with Gasteiger partial charge in [-0.25, -0.2) is 12.8 Å². The van der Waals surface area contributed by atoms with E-state index in [0.29, 0.717) is 24.1 Å². The summed E-state index contributed by atoms with van der Waals surface area (Å²) in [7, 11) is -5.02. The van der Waals surface area contributed by atoms with Gasteiger partial charge in [0.2, 0.25) is 10.0 Å². The molecule has 0 amide bonds. The summed E-state index contributed by atoms with van der Waals surface area (Å²) in [6.45, 7) is 0. The van der Waals surface area contributed by atoms with Gasteiger partial charge in [0.05, 0.1) is 5.25 Å². The van der Waals surface area contributed by atoms with Crippen molar-refractivity contribution < 1.29 is 22.9 Å². The first-order chi connectivity index (χ1) is 10.9. The average molecular weight is 335 g/mol. The molecule has 120 valence electrons. The van der Waals surface area contributed by atoms with Gasteiger partial charge >= 0.3 is 7.12 Å². The van der Waals surface area contributed by atoms with Crippen molar-refractivity contribution in [1.29, 1.82) is 0 Å². The molecular weight excluding hydrogens is 320 g/mol. The quantitative estimate of drug-likeness (QED) is 0.714. The van der Waals surface area contributed by atoms with Gasteiger partial charge in [-0.1, -0.05) is 24.3 Å². The van der Waals surface area contributed by atoms with Gasteiger partial charge in [0.25, 0.3) is 0 Å². The van der Waals surface area contributed by atoms with Gasteiger partial charge in [0.15, 0.2) is 0 Å². The Bertz CT molecular complexity index is 820. The second-order valence-corrected chi connectivity index (χ2v) is 7.50. The molecule has 1 fully saturated rings. The monoisotopic (exact) mass is 335 g/mol. The Morgan fingerprint density at radius 2 is 1.74 bits per heavy atom. The topological polar surface area (TPSA) is 86.6 Å². The highest BCUT2D eigenvalue weighted by molar-refractivity contribution is 7.93. The second kappa shape index (κ2) is 5.95. The van der Waals surface area contributed by atoms with Crippen molar-refractivity contribution in [2.75, 3.05) is 4.72 Å². The predicted molar refractivity (Wildman–Crippen MR) is 87.2 cm³/mol. The Hall–Kier alpha value is -1.90. The molecule has 0 spiro atoms. The summed E-state index contributed by atoms with van der Waals surface area (Å²) in [5, 5.41) is 18.0. The summed E-state index contributed by atoms with van der Waals surface area (Å²) in [5.74, 6) is -0.499. The molecule has 0 radical (unpaired) electrons. The molecule has 0 heterocycles. The Labute approximate surface area is 134 Å². The molecule has 2 aromatic carbocycles. The fourth-order valence-electron chi connectivity index (χ4n) is 2.27. The largest absolute Gasteiger partial charge is 0.488 e. The van der Waals surface area contributed by atoms with Crippen LogP contribution in [0.15, 0.2) is 42.5 Å². The lowest BCUT2D eigenvalue weighted by atomic mass is 9.79. The summed E-state index contributed by atoms with van der Waals surface area (Å²) in [6, 6.07) is 10.1. The maximum Gasteiger partial charge on any atom is 0.488 e. The summed E-state index contributed by atoms with van der Waals surface area (Å²) in [6.07, 6.45) is 1.35. The zero-order valence-electron chi connectivity index (χ0n) is 12.1. The highest BCUT2D eigenvalue weighted by Crippen LogP contribution is 2.30. The van der Waals surface area contributed by atoms with Crippen LogP contribution in [0.3, 0.4) is 0 Å². The van der Waals surface area contributed by atoms with E-state index in [0.717, 1.165) is 6.07 Å². The first-order valence-electron chi connectivity index (χ1n) is 7.14. The van der Waals surface area contributed by atoms with Crippen LogP contribution >= 0.6 is 0 Å². The SMILES string of the molecule is O=S(=O)(Nc1ccc(-c2cc(B(O)O)ccc2F)cc1)C1CC1. The van der Waals surface area contributed by atoms with E-state index in [1.165, 1.54) is 12.1 Å². The third kappa shape index (κ3) is 3.55. The van der Waals surface area contributed by atoms with Gasteiger partial charge in [-0.05, 0) is 42.1 Å². The predicted octanol–water partition coefficient (Wildman–Crippen LogP) is 1.08. The van der Waals surface area contributed by atoms with Crippen molar-refractivity contribution in [2.24, 2.45) is 0 Å². The maximum atomic E-state index is 13.9. The van der Waals surface area contributed by atoms with Gasteiger partial charge in [-0.3, -0.25) is 4.72 Å². The lowest BCUT2D eigenvalue weighted by Gasteiger charge is -2.09. The summed E-state index contributed by atoms with van der Waals surface area (Å²) in [4.78, 5) is 0. The maximum absolute atomic E-state index is 13.9. The van der Waals surface area contributed by atoms with Crippen LogP contribution in [0.5, 0.6) is 0 Å². The minimum absolute atomic E-state index is 0.180. The first kappa shape index (κ1) is 16.0. The van der Waals surface area contributed by atoms with Crippen molar-refractivity contribution in [3.05, 3.63) is 48.3 Å². The highest BCUT2D eigenvalue weighted by Gasteiger charge is 2.35. The fraction of sp³-hybridized carbons (Fsp3) is 0.200. The van der Waals surface area contributed by atoms with Crippen LogP contribution in [-0.2, 0) is 10.0 Å². The zero-order valence-corrected chi connectivity index (χ0v) is 12.9. The van der Waals surface area contributed by atoms with E-state index in [1.54, 1.807) is 24.3 Å². The average Bonchev–Trinajstić information content (AvgIpc) is 3.33. The van der Waals surface area contributed by atoms with Crippen LogP contribution in [0.2, 0.25) is 0 Å². The molecule has 8 heteroatoms. The molecule has 0 bridgehead atoms.